The fraction of sp³-hybridized carbons (Fsp3) is 0.308. The fourth-order valence-corrected chi connectivity index (χ4v) is 4.21. The van der Waals surface area contributed by atoms with Gasteiger partial charge in [-0.2, -0.15) is 0 Å². The molecule has 3 aromatic rings. The van der Waals surface area contributed by atoms with E-state index in [4.69, 9.17) is 0 Å². The van der Waals surface area contributed by atoms with Gasteiger partial charge in [0.15, 0.2) is 0 Å². The Morgan fingerprint density at radius 2 is 1.68 bits per heavy atom. The minimum absolute atomic E-state index is 0.0476. The number of anilines is 1. The van der Waals surface area contributed by atoms with Crippen molar-refractivity contribution in [2.75, 3.05) is 32.1 Å². The largest absolute Gasteiger partial charge is 0.378 e. The lowest BCUT2D eigenvalue weighted by Gasteiger charge is -2.31. The zero-order chi connectivity index (χ0) is 21.8. The Labute approximate surface area is 183 Å². The van der Waals surface area contributed by atoms with Crippen LogP contribution in [0.5, 0.6) is 0 Å². The average molecular weight is 416 g/mol. The van der Waals surface area contributed by atoms with E-state index >= 15 is 0 Å². The van der Waals surface area contributed by atoms with E-state index in [9.17, 15) is 9.59 Å². The maximum Gasteiger partial charge on any atom is 0.254 e. The van der Waals surface area contributed by atoms with E-state index in [1.165, 1.54) is 0 Å². The van der Waals surface area contributed by atoms with E-state index in [1.807, 2.05) is 84.6 Å². The lowest BCUT2D eigenvalue weighted by molar-refractivity contribution is -0.126. The van der Waals surface area contributed by atoms with Crippen molar-refractivity contribution in [1.29, 1.82) is 0 Å². The lowest BCUT2D eigenvalue weighted by Crippen LogP contribution is -2.43. The Bertz CT molecular complexity index is 1080. The third kappa shape index (κ3) is 4.71. The van der Waals surface area contributed by atoms with Crippen molar-refractivity contribution in [1.82, 2.24) is 10.2 Å². The van der Waals surface area contributed by atoms with Gasteiger partial charge < -0.3 is 15.1 Å². The van der Waals surface area contributed by atoms with Crippen LogP contribution in [0.2, 0.25) is 0 Å². The molecule has 1 aliphatic heterocycles. The predicted octanol–water partition coefficient (Wildman–Crippen LogP) is 4.07. The second-order valence-corrected chi connectivity index (χ2v) is 8.38. The monoisotopic (exact) mass is 415 g/mol. The fourth-order valence-electron chi connectivity index (χ4n) is 4.21. The second kappa shape index (κ2) is 9.21. The molecule has 1 saturated heterocycles. The molecule has 1 heterocycles. The van der Waals surface area contributed by atoms with Crippen LogP contribution in [0.3, 0.4) is 0 Å². The van der Waals surface area contributed by atoms with Crippen LogP contribution in [0.15, 0.2) is 66.7 Å². The van der Waals surface area contributed by atoms with E-state index in [1.54, 1.807) is 0 Å². The Kier molecular flexibility index (Phi) is 6.21. The first-order valence-electron chi connectivity index (χ1n) is 10.8. The topological polar surface area (TPSA) is 52.7 Å². The molecule has 0 aliphatic carbocycles. The minimum atomic E-state index is -0.0476. The van der Waals surface area contributed by atoms with Gasteiger partial charge in [0.05, 0.1) is 0 Å². The van der Waals surface area contributed by atoms with E-state index in [-0.39, 0.29) is 17.7 Å². The van der Waals surface area contributed by atoms with Crippen LogP contribution in [0.25, 0.3) is 10.8 Å². The number of hydrogen-bond donors (Lipinski definition) is 1. The van der Waals surface area contributed by atoms with Gasteiger partial charge >= 0.3 is 0 Å². The maximum absolute atomic E-state index is 13.1. The lowest BCUT2D eigenvalue weighted by atomic mass is 9.94. The van der Waals surface area contributed by atoms with Gasteiger partial charge in [-0.05, 0) is 47.4 Å². The molecule has 0 bridgehead atoms. The molecule has 3 aromatic carbocycles. The Balaban J connectivity index is 1.33. The smallest absolute Gasteiger partial charge is 0.254 e. The zero-order valence-electron chi connectivity index (χ0n) is 18.2. The summed E-state index contributed by atoms with van der Waals surface area (Å²) >= 11 is 0. The highest BCUT2D eigenvalue weighted by molar-refractivity contribution is 6.07. The van der Waals surface area contributed by atoms with Crippen LogP contribution >= 0.6 is 0 Å². The molecule has 1 fully saturated rings. The van der Waals surface area contributed by atoms with Gasteiger partial charge in [-0.3, -0.25) is 9.59 Å². The molecule has 31 heavy (non-hydrogen) atoms. The summed E-state index contributed by atoms with van der Waals surface area (Å²) in [7, 11) is 4.01. The molecule has 2 amide bonds. The average Bonchev–Trinajstić information content (AvgIpc) is 2.82. The van der Waals surface area contributed by atoms with Crippen LogP contribution in [0, 0.1) is 5.92 Å². The number of rotatable bonds is 5. The van der Waals surface area contributed by atoms with Crippen LogP contribution < -0.4 is 10.2 Å². The van der Waals surface area contributed by atoms with E-state index in [2.05, 4.69) is 11.4 Å². The molecule has 1 aliphatic rings. The number of piperidine rings is 1. The SMILES string of the molecule is CN(C)c1cccc(CNC(=O)C2CCN(C(=O)c3cccc4ccccc34)CC2)c1. The normalized spacial score (nSPS) is 14.5. The highest BCUT2D eigenvalue weighted by atomic mass is 16.2. The molecule has 0 spiro atoms. The molecule has 4 rings (SSSR count). The van der Waals surface area contributed by atoms with Crippen LogP contribution in [0.1, 0.15) is 28.8 Å². The number of carbonyl (C=O) groups excluding carboxylic acids is 2. The number of fused-ring (bicyclic) bond motifs is 1. The van der Waals surface area contributed by atoms with Crippen LogP contribution in [-0.2, 0) is 11.3 Å². The van der Waals surface area contributed by atoms with Gasteiger partial charge in [0.1, 0.15) is 0 Å². The molecule has 0 radical (unpaired) electrons. The Hall–Kier alpha value is -3.34. The standard InChI is InChI=1S/C26H29N3O2/c1-28(2)22-10-5-7-19(17-22)18-27-25(30)21-13-15-29(16-14-21)26(31)24-12-6-9-20-8-3-4-11-23(20)24/h3-12,17,21H,13-16,18H2,1-2H3,(H,27,30). The molecule has 0 atom stereocenters. The first-order valence-corrected chi connectivity index (χ1v) is 10.8. The summed E-state index contributed by atoms with van der Waals surface area (Å²) in [5.74, 6) is 0.0808. The first kappa shape index (κ1) is 20.9. The summed E-state index contributed by atoms with van der Waals surface area (Å²) < 4.78 is 0. The van der Waals surface area contributed by atoms with Crippen LogP contribution in [0.4, 0.5) is 5.69 Å². The zero-order valence-corrected chi connectivity index (χ0v) is 18.2. The van der Waals surface area contributed by atoms with Gasteiger partial charge in [-0.25, -0.2) is 0 Å². The van der Waals surface area contributed by atoms with Crippen molar-refractivity contribution in [3.05, 3.63) is 77.9 Å². The summed E-state index contributed by atoms with van der Waals surface area (Å²) in [6, 6.07) is 22.0. The van der Waals surface area contributed by atoms with Crippen LogP contribution in [-0.4, -0.2) is 43.9 Å². The molecule has 160 valence electrons. The number of nitrogens with one attached hydrogen (secondary N) is 1. The number of benzene rings is 3. The first-order chi connectivity index (χ1) is 15.0. The van der Waals surface area contributed by atoms with Crippen molar-refractivity contribution >= 4 is 28.3 Å². The number of hydrogen-bond acceptors (Lipinski definition) is 3. The summed E-state index contributed by atoms with van der Waals surface area (Å²) in [6.07, 6.45) is 1.39. The molecular weight excluding hydrogens is 386 g/mol. The van der Waals surface area contributed by atoms with Gasteiger partial charge in [0, 0.05) is 50.9 Å². The van der Waals surface area contributed by atoms with Gasteiger partial charge in [-0.15, -0.1) is 0 Å². The molecule has 5 heteroatoms. The summed E-state index contributed by atoms with van der Waals surface area (Å²) in [5, 5.41) is 5.13. The van der Waals surface area contributed by atoms with E-state index < -0.39 is 0 Å². The predicted molar refractivity (Wildman–Crippen MR) is 125 cm³/mol. The summed E-state index contributed by atoms with van der Waals surface area (Å²) in [6.45, 7) is 1.74. The number of likely N-dealkylation sites (tertiary alicyclic amines) is 1. The highest BCUT2D eigenvalue weighted by Gasteiger charge is 2.28. The number of nitrogens with zero attached hydrogens (tertiary/aromatic N) is 2. The maximum atomic E-state index is 13.1. The number of carbonyl (C=O) groups is 2. The van der Waals surface area contributed by atoms with Crippen molar-refractivity contribution in [3.63, 3.8) is 0 Å². The Morgan fingerprint density at radius 1 is 0.968 bits per heavy atom. The van der Waals surface area contributed by atoms with Gasteiger partial charge in [-0.1, -0.05) is 48.5 Å². The van der Waals surface area contributed by atoms with Crippen molar-refractivity contribution < 1.29 is 9.59 Å². The minimum Gasteiger partial charge on any atom is -0.378 e. The van der Waals surface area contributed by atoms with E-state index in [0.717, 1.165) is 27.6 Å². The molecule has 0 unspecified atom stereocenters. The summed E-state index contributed by atoms with van der Waals surface area (Å²) in [5.41, 5.74) is 2.94. The second-order valence-electron chi connectivity index (χ2n) is 8.38. The summed E-state index contributed by atoms with van der Waals surface area (Å²) in [4.78, 5) is 29.7. The quantitative estimate of drug-likeness (QED) is 0.683. The number of amides is 2. The van der Waals surface area contributed by atoms with Gasteiger partial charge in [0.2, 0.25) is 5.91 Å². The Morgan fingerprint density at radius 3 is 2.45 bits per heavy atom. The van der Waals surface area contributed by atoms with Gasteiger partial charge in [0.25, 0.3) is 5.91 Å². The molecule has 0 saturated carbocycles. The third-order valence-corrected chi connectivity index (χ3v) is 6.07. The van der Waals surface area contributed by atoms with E-state index in [0.29, 0.717) is 32.5 Å². The molecule has 5 nitrogen and oxygen atoms in total. The molecular formula is C26H29N3O2. The third-order valence-electron chi connectivity index (χ3n) is 6.07. The molecule has 1 N–H and O–H groups in total. The van der Waals surface area contributed by atoms with Crippen molar-refractivity contribution in [3.8, 4) is 0 Å². The van der Waals surface area contributed by atoms with Crippen molar-refractivity contribution in [2.45, 2.75) is 19.4 Å². The molecule has 0 aromatic heterocycles. The van der Waals surface area contributed by atoms with Crippen molar-refractivity contribution in [2.24, 2.45) is 5.92 Å². The highest BCUT2D eigenvalue weighted by Crippen LogP contribution is 2.24.